The van der Waals surface area contributed by atoms with Gasteiger partial charge in [-0.25, -0.2) is 14.4 Å². The average Bonchev–Trinajstić information content (AvgIpc) is 2.82. The van der Waals surface area contributed by atoms with E-state index in [4.69, 9.17) is 14.2 Å². The number of carbonyl (C=O) groups is 4. The van der Waals surface area contributed by atoms with Gasteiger partial charge in [0.25, 0.3) is 0 Å². The van der Waals surface area contributed by atoms with Gasteiger partial charge in [-0.2, -0.15) is 0 Å². The maximum Gasteiger partial charge on any atom is 0.344 e. The van der Waals surface area contributed by atoms with Crippen molar-refractivity contribution in [1.82, 2.24) is 0 Å². The van der Waals surface area contributed by atoms with Crippen LogP contribution in [0, 0.1) is 0 Å². The molecule has 0 saturated heterocycles. The molecule has 31 heavy (non-hydrogen) atoms. The Morgan fingerprint density at radius 1 is 0.645 bits per heavy atom. The second-order valence-corrected chi connectivity index (χ2v) is 6.90. The number of esters is 3. The number of rotatable bonds is 6. The smallest absolute Gasteiger partial charge is 0.344 e. The van der Waals surface area contributed by atoms with Crippen LogP contribution in [0.25, 0.3) is 0 Å². The van der Waals surface area contributed by atoms with Gasteiger partial charge in [0.2, 0.25) is 0 Å². The highest BCUT2D eigenvalue weighted by Crippen LogP contribution is 2.30. The van der Waals surface area contributed by atoms with Gasteiger partial charge in [-0.3, -0.25) is 4.79 Å². The minimum absolute atomic E-state index is 0.0502. The van der Waals surface area contributed by atoms with Crippen LogP contribution in [0.2, 0.25) is 0 Å². The molecule has 1 aliphatic rings. The van der Waals surface area contributed by atoms with Crippen LogP contribution in [0.15, 0.2) is 59.9 Å². The third kappa shape index (κ3) is 4.71. The standard InChI is InChI=1S/C24H22O7/c1-29-22(26)16-10-4-3-9-15(16)21(25)19-13-7-8-14-20(19)31-24(28)18-12-6-5-11-17(18)23(27)30-2/h3-6,9-12H,7-8,13-14H2,1-2H3. The van der Waals surface area contributed by atoms with Gasteiger partial charge < -0.3 is 14.2 Å². The summed E-state index contributed by atoms with van der Waals surface area (Å²) in [5.74, 6) is -2.16. The Bertz CT molecular complexity index is 1070. The molecule has 0 radical (unpaired) electrons. The molecule has 0 aliphatic heterocycles. The van der Waals surface area contributed by atoms with E-state index in [1.165, 1.54) is 32.4 Å². The normalized spacial score (nSPS) is 13.4. The van der Waals surface area contributed by atoms with Crippen molar-refractivity contribution < 1.29 is 33.4 Å². The summed E-state index contributed by atoms with van der Waals surface area (Å²) in [6, 6.07) is 12.5. The number of ether oxygens (including phenoxy) is 3. The average molecular weight is 422 g/mol. The molecule has 3 rings (SSSR count). The van der Waals surface area contributed by atoms with E-state index in [1.54, 1.807) is 30.3 Å². The van der Waals surface area contributed by atoms with Gasteiger partial charge >= 0.3 is 17.9 Å². The third-order valence-corrected chi connectivity index (χ3v) is 5.04. The van der Waals surface area contributed by atoms with Gasteiger partial charge in [0.1, 0.15) is 5.76 Å². The maximum absolute atomic E-state index is 13.3. The van der Waals surface area contributed by atoms with Crippen molar-refractivity contribution in [2.75, 3.05) is 14.2 Å². The summed E-state index contributed by atoms with van der Waals surface area (Å²) < 4.78 is 15.1. The van der Waals surface area contributed by atoms with Crippen LogP contribution in [0.1, 0.15) is 67.1 Å². The van der Waals surface area contributed by atoms with E-state index < -0.39 is 17.9 Å². The van der Waals surface area contributed by atoms with Crippen molar-refractivity contribution >= 4 is 23.7 Å². The van der Waals surface area contributed by atoms with Crippen molar-refractivity contribution in [2.45, 2.75) is 25.7 Å². The molecule has 7 heteroatoms. The summed E-state index contributed by atoms with van der Waals surface area (Å²) in [7, 11) is 2.47. The van der Waals surface area contributed by atoms with Crippen molar-refractivity contribution in [3.8, 4) is 0 Å². The Balaban J connectivity index is 1.96. The zero-order valence-electron chi connectivity index (χ0n) is 17.3. The molecule has 0 saturated carbocycles. The fourth-order valence-electron chi connectivity index (χ4n) is 3.48. The molecule has 2 aromatic rings. The molecule has 0 bridgehead atoms. The Hall–Kier alpha value is -3.74. The van der Waals surface area contributed by atoms with Crippen LogP contribution in [0.3, 0.4) is 0 Å². The number of benzene rings is 2. The molecule has 0 aromatic heterocycles. The van der Waals surface area contributed by atoms with Crippen LogP contribution < -0.4 is 0 Å². The first-order chi connectivity index (χ1) is 15.0. The first-order valence-corrected chi connectivity index (χ1v) is 9.81. The molecule has 0 N–H and O–H groups in total. The van der Waals surface area contributed by atoms with Gasteiger partial charge in [-0.15, -0.1) is 0 Å². The third-order valence-electron chi connectivity index (χ3n) is 5.04. The van der Waals surface area contributed by atoms with Crippen LogP contribution >= 0.6 is 0 Å². The fourth-order valence-corrected chi connectivity index (χ4v) is 3.48. The lowest BCUT2D eigenvalue weighted by Crippen LogP contribution is -2.19. The monoisotopic (exact) mass is 422 g/mol. The topological polar surface area (TPSA) is 96.0 Å². The van der Waals surface area contributed by atoms with E-state index in [0.717, 1.165) is 12.8 Å². The highest BCUT2D eigenvalue weighted by molar-refractivity contribution is 6.14. The second-order valence-electron chi connectivity index (χ2n) is 6.90. The quantitative estimate of drug-likeness (QED) is 0.392. The van der Waals surface area contributed by atoms with Crippen molar-refractivity contribution in [2.24, 2.45) is 0 Å². The van der Waals surface area contributed by atoms with E-state index in [9.17, 15) is 19.2 Å². The van der Waals surface area contributed by atoms with E-state index in [1.807, 2.05) is 0 Å². The SMILES string of the molecule is COC(=O)c1ccccc1C(=O)OC1=C(C(=O)c2ccccc2C(=O)OC)CCCC1. The summed E-state index contributed by atoms with van der Waals surface area (Å²) in [4.78, 5) is 50.1. The van der Waals surface area contributed by atoms with Crippen LogP contribution in [0.4, 0.5) is 0 Å². The number of Topliss-reactive ketones (excluding diaryl/α,β-unsaturated/α-hetero) is 1. The molecule has 0 heterocycles. The van der Waals surface area contributed by atoms with Crippen molar-refractivity contribution in [1.29, 1.82) is 0 Å². The molecule has 0 amide bonds. The minimum atomic E-state index is -0.746. The molecule has 0 spiro atoms. The summed E-state index contributed by atoms with van der Waals surface area (Å²) in [6.07, 6.45) is 2.31. The highest BCUT2D eigenvalue weighted by atomic mass is 16.5. The molecule has 1 aliphatic carbocycles. The van der Waals surface area contributed by atoms with E-state index in [0.29, 0.717) is 18.4 Å². The summed E-state index contributed by atoms with van der Waals surface area (Å²) in [5.41, 5.74) is 0.806. The lowest BCUT2D eigenvalue weighted by molar-refractivity contribution is 0.0555. The van der Waals surface area contributed by atoms with Gasteiger partial charge in [0, 0.05) is 17.6 Å². The molecule has 160 valence electrons. The Morgan fingerprint density at radius 2 is 1.10 bits per heavy atom. The van der Waals surface area contributed by atoms with Crippen LogP contribution in [-0.4, -0.2) is 37.9 Å². The summed E-state index contributed by atoms with van der Waals surface area (Å²) in [5, 5.41) is 0. The summed E-state index contributed by atoms with van der Waals surface area (Å²) >= 11 is 0. The first-order valence-electron chi connectivity index (χ1n) is 9.81. The fraction of sp³-hybridized carbons (Fsp3) is 0.250. The van der Waals surface area contributed by atoms with Crippen LogP contribution in [-0.2, 0) is 14.2 Å². The van der Waals surface area contributed by atoms with E-state index >= 15 is 0 Å². The first kappa shape index (κ1) is 22.0. The molecular formula is C24H22O7. The van der Waals surface area contributed by atoms with Gasteiger partial charge in [-0.05, 0) is 37.5 Å². The molecule has 0 unspecified atom stereocenters. The van der Waals surface area contributed by atoms with Gasteiger partial charge in [0.05, 0.1) is 30.9 Å². The van der Waals surface area contributed by atoms with Crippen molar-refractivity contribution in [3.63, 3.8) is 0 Å². The zero-order chi connectivity index (χ0) is 22.4. The number of hydrogen-bond acceptors (Lipinski definition) is 7. The molecule has 0 atom stereocenters. The molecule has 2 aromatic carbocycles. The predicted octanol–water partition coefficient (Wildman–Crippen LogP) is 4.13. The minimum Gasteiger partial charge on any atom is -0.465 e. The zero-order valence-corrected chi connectivity index (χ0v) is 17.3. The number of ketones is 1. The number of allylic oxidation sites excluding steroid dienone is 2. The van der Waals surface area contributed by atoms with Crippen LogP contribution in [0.5, 0.6) is 0 Å². The van der Waals surface area contributed by atoms with Crippen molar-refractivity contribution in [3.05, 3.63) is 82.1 Å². The Morgan fingerprint density at radius 3 is 1.65 bits per heavy atom. The second kappa shape index (κ2) is 9.84. The summed E-state index contributed by atoms with van der Waals surface area (Å²) in [6.45, 7) is 0. The van der Waals surface area contributed by atoms with E-state index in [-0.39, 0.29) is 33.8 Å². The molecular weight excluding hydrogens is 400 g/mol. The van der Waals surface area contributed by atoms with Gasteiger partial charge in [0.15, 0.2) is 5.78 Å². The Kier molecular flexibility index (Phi) is 6.97. The Labute approximate surface area is 179 Å². The number of carbonyl (C=O) groups excluding carboxylic acids is 4. The maximum atomic E-state index is 13.3. The van der Waals surface area contributed by atoms with E-state index in [2.05, 4.69) is 0 Å². The lowest BCUT2D eigenvalue weighted by atomic mass is 9.89. The number of hydrogen-bond donors (Lipinski definition) is 0. The number of methoxy groups -OCH3 is 2. The molecule has 0 fully saturated rings. The molecule has 7 nitrogen and oxygen atoms in total. The lowest BCUT2D eigenvalue weighted by Gasteiger charge is -2.20. The largest absolute Gasteiger partial charge is 0.465 e. The highest BCUT2D eigenvalue weighted by Gasteiger charge is 2.28. The predicted molar refractivity (Wildman–Crippen MR) is 111 cm³/mol. The van der Waals surface area contributed by atoms with Gasteiger partial charge in [-0.1, -0.05) is 30.3 Å².